The summed E-state index contributed by atoms with van der Waals surface area (Å²) in [5.74, 6) is 0. The minimum atomic E-state index is -0.538. The molecule has 0 bridgehead atoms. The molecule has 0 amide bonds. The Balaban J connectivity index is 2.15. The minimum Gasteiger partial charge on any atom is -0.357 e. The van der Waals surface area contributed by atoms with E-state index in [1.165, 1.54) is 18.2 Å². The molecule has 0 aliphatic rings. The van der Waals surface area contributed by atoms with Crippen LogP contribution in [0.5, 0.6) is 0 Å². The molecule has 0 aliphatic carbocycles. The number of H-pyrrole nitrogens is 1. The van der Waals surface area contributed by atoms with Gasteiger partial charge in [-0.3, -0.25) is 14.9 Å². The first-order valence-electron chi connectivity index (χ1n) is 6.84. The minimum absolute atomic E-state index is 0.141. The molecule has 7 heteroatoms. The summed E-state index contributed by atoms with van der Waals surface area (Å²) in [6.07, 6.45) is 0. The van der Waals surface area contributed by atoms with Crippen LogP contribution in [0, 0.1) is 17.0 Å². The van der Waals surface area contributed by atoms with E-state index in [0.717, 1.165) is 0 Å². The van der Waals surface area contributed by atoms with Crippen molar-refractivity contribution in [2.75, 3.05) is 0 Å². The van der Waals surface area contributed by atoms with Gasteiger partial charge in [-0.15, -0.1) is 5.11 Å². The lowest BCUT2D eigenvalue weighted by Gasteiger charge is -2.03. The van der Waals surface area contributed by atoms with Gasteiger partial charge in [-0.05, 0) is 25.1 Å². The predicted molar refractivity (Wildman–Crippen MR) is 86.6 cm³/mol. The van der Waals surface area contributed by atoms with Crippen LogP contribution in [-0.2, 0) is 0 Å². The lowest BCUT2D eigenvalue weighted by molar-refractivity contribution is -0.384. The van der Waals surface area contributed by atoms with Crippen LogP contribution in [-0.4, -0.2) is 9.91 Å². The molecule has 0 aliphatic heterocycles. The van der Waals surface area contributed by atoms with E-state index in [1.807, 2.05) is 18.2 Å². The molecule has 0 radical (unpaired) electrons. The number of hydrogen-bond donors (Lipinski definition) is 1. The lowest BCUT2D eigenvalue weighted by atomic mass is 10.1. The first kappa shape index (κ1) is 14.6. The van der Waals surface area contributed by atoms with Crippen LogP contribution in [0.3, 0.4) is 0 Å². The quantitative estimate of drug-likeness (QED) is 0.446. The number of rotatable bonds is 3. The summed E-state index contributed by atoms with van der Waals surface area (Å²) in [5.41, 5.74) is 1.30. The van der Waals surface area contributed by atoms with Crippen molar-refractivity contribution in [1.82, 2.24) is 4.98 Å². The lowest BCUT2D eigenvalue weighted by Crippen LogP contribution is -2.05. The third-order valence-electron chi connectivity index (χ3n) is 3.37. The van der Waals surface area contributed by atoms with Crippen molar-refractivity contribution in [2.24, 2.45) is 10.2 Å². The van der Waals surface area contributed by atoms with E-state index < -0.39 is 4.92 Å². The van der Waals surface area contributed by atoms with Crippen LogP contribution in [0.4, 0.5) is 17.1 Å². The molecule has 0 atom stereocenters. The van der Waals surface area contributed by atoms with Crippen LogP contribution in [0.15, 0.2) is 63.6 Å². The van der Waals surface area contributed by atoms with Gasteiger partial charge in [-0.2, -0.15) is 5.11 Å². The number of nitro benzene ring substituents is 1. The summed E-state index contributed by atoms with van der Waals surface area (Å²) in [4.78, 5) is 25.9. The summed E-state index contributed by atoms with van der Waals surface area (Å²) >= 11 is 0. The summed E-state index contributed by atoms with van der Waals surface area (Å²) in [7, 11) is 0. The highest BCUT2D eigenvalue weighted by Crippen LogP contribution is 2.23. The Bertz CT molecular complexity index is 978. The number of nitro groups is 1. The predicted octanol–water partition coefficient (Wildman–Crippen LogP) is 4.16. The fraction of sp³-hybridized carbons (Fsp3) is 0.0625. The number of benzene rings is 2. The fourth-order valence-corrected chi connectivity index (χ4v) is 2.22. The number of nitrogens with one attached hydrogen (secondary N) is 1. The Hall–Kier alpha value is -3.35. The van der Waals surface area contributed by atoms with Crippen LogP contribution >= 0.6 is 0 Å². The number of azo groups is 1. The van der Waals surface area contributed by atoms with Gasteiger partial charge in [0.05, 0.1) is 21.5 Å². The first-order chi connectivity index (χ1) is 11.1. The van der Waals surface area contributed by atoms with Crippen molar-refractivity contribution in [3.8, 4) is 0 Å². The maximum atomic E-state index is 12.5. The molecule has 1 aromatic heterocycles. The molecule has 0 spiro atoms. The molecule has 1 heterocycles. The van der Waals surface area contributed by atoms with E-state index in [9.17, 15) is 14.9 Å². The van der Waals surface area contributed by atoms with Crippen LogP contribution < -0.4 is 5.43 Å². The van der Waals surface area contributed by atoms with Gasteiger partial charge in [0.1, 0.15) is 0 Å². The Morgan fingerprint density at radius 2 is 1.83 bits per heavy atom. The Morgan fingerprint density at radius 3 is 2.52 bits per heavy atom. The van der Waals surface area contributed by atoms with Gasteiger partial charge in [0.2, 0.25) is 5.43 Å². The third-order valence-corrected chi connectivity index (χ3v) is 3.37. The van der Waals surface area contributed by atoms with E-state index in [0.29, 0.717) is 16.9 Å². The molecule has 23 heavy (non-hydrogen) atoms. The number of aromatic nitrogens is 1. The van der Waals surface area contributed by atoms with Gasteiger partial charge in [-0.25, -0.2) is 0 Å². The molecule has 7 nitrogen and oxygen atoms in total. The van der Waals surface area contributed by atoms with E-state index in [-0.39, 0.29) is 22.2 Å². The van der Waals surface area contributed by atoms with Crippen molar-refractivity contribution >= 4 is 28.0 Å². The molecule has 3 rings (SSSR count). The SMILES string of the molecule is Cc1[nH]c2ccc([N+](=O)[O-])cc2c(=O)c1N=Nc1ccccc1. The van der Waals surface area contributed by atoms with Crippen molar-refractivity contribution in [2.45, 2.75) is 6.92 Å². The fourth-order valence-electron chi connectivity index (χ4n) is 2.22. The average molecular weight is 308 g/mol. The topological polar surface area (TPSA) is 101 Å². The molecule has 0 saturated carbocycles. The second kappa shape index (κ2) is 5.80. The Kier molecular flexibility index (Phi) is 3.68. The molecule has 1 N–H and O–H groups in total. The zero-order chi connectivity index (χ0) is 16.4. The molecule has 0 saturated heterocycles. The summed E-state index contributed by atoms with van der Waals surface area (Å²) in [6.45, 7) is 1.71. The second-order valence-corrected chi connectivity index (χ2v) is 4.95. The van der Waals surface area contributed by atoms with E-state index in [2.05, 4.69) is 15.2 Å². The number of nitrogens with zero attached hydrogens (tertiary/aromatic N) is 3. The number of pyridine rings is 1. The Morgan fingerprint density at radius 1 is 1.09 bits per heavy atom. The number of aromatic amines is 1. The maximum Gasteiger partial charge on any atom is 0.270 e. The molecule has 3 aromatic rings. The van der Waals surface area contributed by atoms with Gasteiger partial charge in [0.25, 0.3) is 5.69 Å². The standard InChI is InChI=1S/C16H12N4O3/c1-10-15(19-18-11-5-3-2-4-6-11)16(21)13-9-12(20(22)23)7-8-14(13)17-10/h2-9H,1H3,(H,17,21). The van der Waals surface area contributed by atoms with Gasteiger partial charge in [-0.1, -0.05) is 18.2 Å². The molecular formula is C16H12N4O3. The van der Waals surface area contributed by atoms with Gasteiger partial charge < -0.3 is 4.98 Å². The van der Waals surface area contributed by atoms with Gasteiger partial charge in [0.15, 0.2) is 5.69 Å². The summed E-state index contributed by atoms with van der Waals surface area (Å²) < 4.78 is 0. The zero-order valence-corrected chi connectivity index (χ0v) is 12.2. The maximum absolute atomic E-state index is 12.5. The Labute approximate surface area is 130 Å². The number of hydrogen-bond acceptors (Lipinski definition) is 5. The summed E-state index contributed by atoms with van der Waals surface area (Å²) in [5, 5.41) is 19.1. The third kappa shape index (κ3) is 2.84. The van der Waals surface area contributed by atoms with E-state index >= 15 is 0 Å². The van der Waals surface area contributed by atoms with Gasteiger partial charge in [0, 0.05) is 17.8 Å². The smallest absolute Gasteiger partial charge is 0.270 e. The van der Waals surface area contributed by atoms with E-state index in [4.69, 9.17) is 0 Å². The van der Waals surface area contributed by atoms with Crippen LogP contribution in [0.1, 0.15) is 5.69 Å². The molecular weight excluding hydrogens is 296 g/mol. The van der Waals surface area contributed by atoms with Crippen molar-refractivity contribution in [3.63, 3.8) is 0 Å². The van der Waals surface area contributed by atoms with Crippen molar-refractivity contribution < 1.29 is 4.92 Å². The van der Waals surface area contributed by atoms with Crippen molar-refractivity contribution in [3.05, 3.63) is 74.6 Å². The second-order valence-electron chi connectivity index (χ2n) is 4.95. The van der Waals surface area contributed by atoms with Crippen molar-refractivity contribution in [1.29, 1.82) is 0 Å². The zero-order valence-electron chi connectivity index (χ0n) is 12.2. The highest BCUT2D eigenvalue weighted by molar-refractivity contribution is 5.83. The van der Waals surface area contributed by atoms with Gasteiger partial charge >= 0.3 is 0 Å². The molecule has 114 valence electrons. The van der Waals surface area contributed by atoms with Crippen LogP contribution in [0.2, 0.25) is 0 Å². The monoisotopic (exact) mass is 308 g/mol. The number of non-ortho nitro benzene ring substituents is 1. The average Bonchev–Trinajstić information content (AvgIpc) is 2.55. The number of fused-ring (bicyclic) bond motifs is 1. The highest BCUT2D eigenvalue weighted by atomic mass is 16.6. The normalized spacial score (nSPS) is 11.2. The van der Waals surface area contributed by atoms with E-state index in [1.54, 1.807) is 19.1 Å². The first-order valence-corrected chi connectivity index (χ1v) is 6.84. The van der Waals surface area contributed by atoms with Crippen LogP contribution in [0.25, 0.3) is 10.9 Å². The summed E-state index contributed by atoms with van der Waals surface area (Å²) in [6, 6.07) is 13.1. The largest absolute Gasteiger partial charge is 0.357 e. The molecule has 0 unspecified atom stereocenters. The molecule has 0 fully saturated rings. The number of aryl methyl sites for hydroxylation is 1. The molecule has 2 aromatic carbocycles. The highest BCUT2D eigenvalue weighted by Gasteiger charge is 2.13.